The van der Waals surface area contributed by atoms with Crippen LogP contribution >= 0.6 is 0 Å². The standard InChI is InChI=1S/C88H64N2O2/c1-49-33-37-73(53(5)41-49)89(74-38-34-50(2)42-54(74)6)77-47-71-81(83-61-25-13-19-31-79(61)91-85(77)83)63-45-70-64(46-69(63)87(71)65-27-15-9-21-57(65)58-22-10-16-28-66(58)87)82-72(88(70)67-29-17-11-23-59(67)60-24-12-18-30-68(60)88)48-78(86-84(82)62-26-14-20-32-80(62)92-86)90(75-39-35-51(3)43-55(75)7)76-40-36-52(4)44-56(76)8/h9-48H,1-8H3. The predicted molar refractivity (Wildman–Crippen MR) is 381 cm³/mol. The van der Waals surface area contributed by atoms with Gasteiger partial charge in [-0.3, -0.25) is 0 Å². The summed E-state index contributed by atoms with van der Waals surface area (Å²) < 4.78 is 15.1. The molecule has 0 saturated carbocycles. The van der Waals surface area contributed by atoms with E-state index < -0.39 is 10.8 Å². The maximum atomic E-state index is 7.56. The van der Waals surface area contributed by atoms with Crippen molar-refractivity contribution < 1.29 is 8.83 Å². The van der Waals surface area contributed by atoms with Gasteiger partial charge in [0.25, 0.3) is 0 Å². The minimum Gasteiger partial charge on any atom is -0.454 e. The largest absolute Gasteiger partial charge is 0.454 e. The zero-order valence-corrected chi connectivity index (χ0v) is 52.8. The number of hydrogen-bond acceptors (Lipinski definition) is 4. The lowest BCUT2D eigenvalue weighted by atomic mass is 9.68. The van der Waals surface area contributed by atoms with E-state index in [0.717, 1.165) is 78.0 Å². The van der Waals surface area contributed by atoms with Gasteiger partial charge in [-0.25, -0.2) is 0 Å². The van der Waals surface area contributed by atoms with E-state index in [4.69, 9.17) is 8.83 Å². The summed E-state index contributed by atoms with van der Waals surface area (Å²) in [6, 6.07) is 92.6. The van der Waals surface area contributed by atoms with Gasteiger partial charge in [0.15, 0.2) is 11.2 Å². The van der Waals surface area contributed by atoms with E-state index in [1.54, 1.807) is 0 Å². The van der Waals surface area contributed by atoms with Crippen LogP contribution in [0.4, 0.5) is 34.1 Å². The smallest absolute Gasteiger partial charge is 0.160 e. The molecule has 2 aromatic heterocycles. The van der Waals surface area contributed by atoms with Crippen LogP contribution in [0.15, 0.2) is 251 Å². The lowest BCUT2D eigenvalue weighted by molar-refractivity contribution is 0.668. The van der Waals surface area contributed by atoms with Crippen molar-refractivity contribution in [2.24, 2.45) is 0 Å². The first kappa shape index (κ1) is 52.9. The van der Waals surface area contributed by atoms with Gasteiger partial charge in [-0.15, -0.1) is 0 Å². The summed E-state index contributed by atoms with van der Waals surface area (Å²) in [6.07, 6.45) is 0. The predicted octanol–water partition coefficient (Wildman–Crippen LogP) is 23.6. The number of benzene rings is 13. The lowest BCUT2D eigenvalue weighted by Crippen LogP contribution is -2.27. The average Bonchev–Trinajstić information content (AvgIpc) is 1.48. The van der Waals surface area contributed by atoms with Crippen LogP contribution in [0.25, 0.3) is 88.4 Å². The summed E-state index contributed by atoms with van der Waals surface area (Å²) in [7, 11) is 0. The molecule has 0 radical (unpaired) electrons. The second-order valence-corrected chi connectivity index (χ2v) is 26.7. The summed E-state index contributed by atoms with van der Waals surface area (Å²) in [5, 5.41) is 4.42. The van der Waals surface area contributed by atoms with Gasteiger partial charge in [-0.1, -0.05) is 204 Å². The molecule has 438 valence electrons. The zero-order valence-electron chi connectivity index (χ0n) is 52.8. The van der Waals surface area contributed by atoms with Crippen LogP contribution in [0.3, 0.4) is 0 Å². The third-order valence-electron chi connectivity index (χ3n) is 21.3. The van der Waals surface area contributed by atoms with Crippen LogP contribution in [0, 0.1) is 55.4 Å². The molecule has 0 amide bonds. The highest BCUT2D eigenvalue weighted by atomic mass is 16.3. The minimum absolute atomic E-state index is 0.786. The molecular formula is C88H64N2O2. The van der Waals surface area contributed by atoms with Crippen LogP contribution in [0.2, 0.25) is 0 Å². The third kappa shape index (κ3) is 6.75. The van der Waals surface area contributed by atoms with Gasteiger partial charge in [0.2, 0.25) is 0 Å². The van der Waals surface area contributed by atoms with Crippen molar-refractivity contribution in [2.45, 2.75) is 66.2 Å². The summed E-state index contributed by atoms with van der Waals surface area (Å²) in [5.41, 5.74) is 38.0. The molecule has 0 atom stereocenters. The Balaban J connectivity index is 1.02. The normalized spacial score (nSPS) is 13.8. The molecule has 0 aliphatic heterocycles. The molecule has 15 aromatic rings. The number of furan rings is 2. The molecule has 0 N–H and O–H groups in total. The van der Waals surface area contributed by atoms with Crippen molar-refractivity contribution in [1.29, 1.82) is 0 Å². The molecule has 4 aliphatic carbocycles. The highest BCUT2D eigenvalue weighted by molar-refractivity contribution is 6.23. The molecule has 2 spiro atoms. The first-order valence-electron chi connectivity index (χ1n) is 32.4. The van der Waals surface area contributed by atoms with Crippen molar-refractivity contribution in [3.8, 4) is 44.5 Å². The fourth-order valence-electron chi connectivity index (χ4n) is 17.8. The van der Waals surface area contributed by atoms with Gasteiger partial charge in [-0.05, 0) is 227 Å². The first-order chi connectivity index (χ1) is 44.9. The molecule has 0 saturated heterocycles. The molecular weight excluding hydrogens is 1120 g/mol. The second-order valence-electron chi connectivity index (χ2n) is 26.7. The van der Waals surface area contributed by atoms with Gasteiger partial charge in [0.05, 0.1) is 22.2 Å². The maximum absolute atomic E-state index is 7.56. The number of anilines is 6. The van der Waals surface area contributed by atoms with E-state index in [2.05, 4.69) is 308 Å². The molecule has 4 heteroatoms. The van der Waals surface area contributed by atoms with Gasteiger partial charge in [0.1, 0.15) is 11.2 Å². The van der Waals surface area contributed by atoms with Crippen LogP contribution < -0.4 is 9.80 Å². The fourth-order valence-corrected chi connectivity index (χ4v) is 17.8. The van der Waals surface area contributed by atoms with Gasteiger partial charge in [0, 0.05) is 44.3 Å². The third-order valence-corrected chi connectivity index (χ3v) is 21.3. The highest BCUT2D eigenvalue weighted by Gasteiger charge is 2.58. The molecule has 4 nitrogen and oxygen atoms in total. The number of fused-ring (bicyclic) bond motifs is 28. The first-order valence-corrected chi connectivity index (χ1v) is 32.4. The van der Waals surface area contributed by atoms with E-state index in [9.17, 15) is 0 Å². The summed E-state index contributed by atoms with van der Waals surface area (Å²) in [6.45, 7) is 17.8. The Kier molecular flexibility index (Phi) is 10.8. The molecule has 13 aromatic carbocycles. The van der Waals surface area contributed by atoms with Gasteiger partial charge in [-0.2, -0.15) is 0 Å². The van der Waals surface area contributed by atoms with Crippen LogP contribution in [-0.4, -0.2) is 0 Å². The molecule has 2 heterocycles. The number of rotatable bonds is 6. The molecule has 92 heavy (non-hydrogen) atoms. The highest BCUT2D eigenvalue weighted by Crippen LogP contribution is 2.71. The summed E-state index contributed by atoms with van der Waals surface area (Å²) in [4.78, 5) is 5.01. The summed E-state index contributed by atoms with van der Waals surface area (Å²) >= 11 is 0. The van der Waals surface area contributed by atoms with Crippen LogP contribution in [-0.2, 0) is 10.8 Å². The van der Waals surface area contributed by atoms with E-state index in [1.165, 1.54) is 134 Å². The van der Waals surface area contributed by atoms with Crippen molar-refractivity contribution in [2.75, 3.05) is 9.80 Å². The Morgan fingerprint density at radius 1 is 0.250 bits per heavy atom. The number of hydrogen-bond donors (Lipinski definition) is 0. The molecule has 0 bridgehead atoms. The molecule has 4 aliphatic rings. The second kappa shape index (κ2) is 18.8. The maximum Gasteiger partial charge on any atom is 0.160 e. The zero-order chi connectivity index (χ0) is 61.8. The average molecular weight is 1180 g/mol. The van der Waals surface area contributed by atoms with E-state index >= 15 is 0 Å². The Morgan fingerprint density at radius 3 is 0.859 bits per heavy atom. The number of aryl methyl sites for hydroxylation is 8. The van der Waals surface area contributed by atoms with Crippen molar-refractivity contribution in [1.82, 2.24) is 0 Å². The SMILES string of the molecule is Cc1ccc(N(c2ccc(C)cc2C)c2cc3c(c4c2oc2ccccc24)-c2cc4c(cc2C32c3ccccc3-c3ccccc32)-c2c(cc(N(c3ccc(C)cc3C)c3ccc(C)cc3C)c3oc5ccccc5c23)C42c3ccccc3-c3ccccc32)c(C)c1. The van der Waals surface area contributed by atoms with Gasteiger partial charge >= 0.3 is 0 Å². The Bertz CT molecular complexity index is 5240. The number of nitrogens with zero attached hydrogens (tertiary/aromatic N) is 2. The Labute approximate surface area is 535 Å². The Morgan fingerprint density at radius 2 is 0.543 bits per heavy atom. The number of para-hydroxylation sites is 2. The topological polar surface area (TPSA) is 32.8 Å². The van der Waals surface area contributed by atoms with Crippen molar-refractivity contribution >= 4 is 78.0 Å². The molecule has 19 rings (SSSR count). The van der Waals surface area contributed by atoms with E-state index in [1.807, 2.05) is 0 Å². The van der Waals surface area contributed by atoms with Gasteiger partial charge < -0.3 is 18.6 Å². The minimum atomic E-state index is -0.786. The van der Waals surface area contributed by atoms with Crippen LogP contribution in [0.1, 0.15) is 89.0 Å². The van der Waals surface area contributed by atoms with Crippen molar-refractivity contribution in [3.63, 3.8) is 0 Å². The fraction of sp³-hybridized carbons (Fsp3) is 0.114. The molecule has 0 unspecified atom stereocenters. The monoisotopic (exact) mass is 1180 g/mol. The van der Waals surface area contributed by atoms with Crippen molar-refractivity contribution in [3.05, 3.63) is 332 Å². The summed E-state index contributed by atoms with van der Waals surface area (Å²) in [5.74, 6) is 0. The molecule has 0 fully saturated rings. The Hall–Kier alpha value is -10.9. The van der Waals surface area contributed by atoms with Crippen LogP contribution in [0.5, 0.6) is 0 Å². The van der Waals surface area contributed by atoms with E-state index in [0.29, 0.717) is 0 Å². The lowest BCUT2D eigenvalue weighted by Gasteiger charge is -2.34. The quantitative estimate of drug-likeness (QED) is 0.166. The van der Waals surface area contributed by atoms with E-state index in [-0.39, 0.29) is 0 Å².